The summed E-state index contributed by atoms with van der Waals surface area (Å²) in [6.45, 7) is 0.947. The summed E-state index contributed by atoms with van der Waals surface area (Å²) in [5.74, 6) is 0.741. The zero-order chi connectivity index (χ0) is 24.5. The predicted molar refractivity (Wildman–Crippen MR) is 135 cm³/mol. The van der Waals surface area contributed by atoms with Crippen LogP contribution >= 0.6 is 11.8 Å². The maximum Gasteiger partial charge on any atom is 0.183 e. The van der Waals surface area contributed by atoms with Gasteiger partial charge in [0.05, 0.1) is 27.4 Å². The Morgan fingerprint density at radius 3 is 2.53 bits per heavy atom. The highest BCUT2D eigenvalue weighted by Gasteiger charge is 2.25. The first kappa shape index (κ1) is 25.3. The molecule has 0 aromatic heterocycles. The van der Waals surface area contributed by atoms with Crippen molar-refractivity contribution in [1.29, 1.82) is 0 Å². The Morgan fingerprint density at radius 2 is 1.82 bits per heavy atom. The molecular weight excluding hydrogens is 456 g/mol. The first-order valence-electron chi connectivity index (χ1n) is 10.6. The van der Waals surface area contributed by atoms with Crippen molar-refractivity contribution in [3.05, 3.63) is 53.6 Å². The lowest BCUT2D eigenvalue weighted by molar-refractivity contribution is -0.113. The highest BCUT2D eigenvalue weighted by atomic mass is 32.2. The monoisotopic (exact) mass is 484 g/mol. The molecule has 2 aromatic carbocycles. The van der Waals surface area contributed by atoms with Crippen LogP contribution in [-0.2, 0) is 9.53 Å². The summed E-state index contributed by atoms with van der Waals surface area (Å²) in [6.07, 6.45) is 3.89. The molecule has 0 bridgehead atoms. The molecule has 3 rings (SSSR count). The summed E-state index contributed by atoms with van der Waals surface area (Å²) < 4.78 is 15.4. The number of methoxy groups -OCH3 is 3. The number of aromatic hydroxyl groups is 2. The molecule has 0 amide bonds. The zero-order valence-corrected chi connectivity index (χ0v) is 20.2. The molecule has 2 aromatic rings. The van der Waals surface area contributed by atoms with E-state index >= 15 is 0 Å². The number of allylic oxidation sites excluding steroid dienone is 1. The van der Waals surface area contributed by atoms with E-state index < -0.39 is 0 Å². The van der Waals surface area contributed by atoms with Gasteiger partial charge in [0.25, 0.3) is 0 Å². The number of amidine groups is 1. The van der Waals surface area contributed by atoms with E-state index in [1.54, 1.807) is 37.5 Å². The van der Waals surface area contributed by atoms with Crippen LogP contribution in [-0.4, -0.2) is 61.4 Å². The molecule has 0 aliphatic carbocycles. The zero-order valence-electron chi connectivity index (χ0n) is 19.4. The number of hydrogen-bond donors (Lipinski definition) is 2. The van der Waals surface area contributed by atoms with E-state index in [2.05, 4.69) is 9.98 Å². The lowest BCUT2D eigenvalue weighted by Gasteiger charge is -2.23. The maximum atomic E-state index is 12.7. The number of phenolic OH excluding ortho intramolecular Hbond substituents is 2. The van der Waals surface area contributed by atoms with Crippen LogP contribution in [0.15, 0.2) is 52.5 Å². The van der Waals surface area contributed by atoms with E-state index in [1.807, 2.05) is 6.07 Å². The summed E-state index contributed by atoms with van der Waals surface area (Å²) in [7, 11) is 4.59. The number of hydrogen-bond acceptors (Lipinski definition) is 8. The van der Waals surface area contributed by atoms with E-state index in [0.717, 1.165) is 16.8 Å². The minimum absolute atomic E-state index is 0.0264. The Labute approximate surface area is 203 Å². The van der Waals surface area contributed by atoms with Gasteiger partial charge in [-0.2, -0.15) is 0 Å². The Hall–Kier alpha value is -3.30. The van der Waals surface area contributed by atoms with Crippen molar-refractivity contribution in [2.75, 3.05) is 34.5 Å². The maximum absolute atomic E-state index is 12.7. The van der Waals surface area contributed by atoms with Crippen LogP contribution in [0.4, 0.5) is 0 Å². The molecule has 8 nitrogen and oxygen atoms in total. The molecule has 1 unspecified atom stereocenters. The van der Waals surface area contributed by atoms with Gasteiger partial charge in [0.1, 0.15) is 0 Å². The van der Waals surface area contributed by atoms with Gasteiger partial charge in [-0.1, -0.05) is 30.0 Å². The van der Waals surface area contributed by atoms with Crippen molar-refractivity contribution in [2.24, 2.45) is 9.98 Å². The molecule has 34 heavy (non-hydrogen) atoms. The average Bonchev–Trinajstić information content (AvgIpc) is 2.84. The highest BCUT2D eigenvalue weighted by molar-refractivity contribution is 8.14. The van der Waals surface area contributed by atoms with Gasteiger partial charge in [0.2, 0.25) is 0 Å². The number of rotatable bonds is 10. The fraction of sp³-hybridized carbons (Fsp3) is 0.320. The van der Waals surface area contributed by atoms with Crippen molar-refractivity contribution in [3.8, 4) is 23.0 Å². The number of benzene rings is 2. The van der Waals surface area contributed by atoms with Crippen LogP contribution in [0.5, 0.6) is 23.0 Å². The average molecular weight is 485 g/mol. The van der Waals surface area contributed by atoms with E-state index in [0.29, 0.717) is 36.2 Å². The third-order valence-electron chi connectivity index (χ3n) is 5.08. The summed E-state index contributed by atoms with van der Waals surface area (Å²) >= 11 is 1.51. The van der Waals surface area contributed by atoms with Crippen LogP contribution in [0.3, 0.4) is 0 Å². The standard InChI is InChI=1S/C25H28N2O6S/c1-31-11-10-26-25-27-18(15-24(34-25)17-6-9-21(30)23(13-17)33-3)14-19(28)7-4-16-5-8-20(29)22(12-16)32-2/h4-9,12-13,24,29-30H,10-11,14-15H2,1-3H3/b7-4+,26-25?. The number of carbonyl (C=O) groups excluding carboxylic acids is 1. The lowest BCUT2D eigenvalue weighted by Crippen LogP contribution is -2.17. The van der Waals surface area contributed by atoms with E-state index in [1.165, 1.54) is 38.1 Å². The predicted octanol–water partition coefficient (Wildman–Crippen LogP) is 4.41. The minimum atomic E-state index is -0.101. The van der Waals surface area contributed by atoms with Gasteiger partial charge in [0, 0.05) is 30.9 Å². The molecule has 1 atom stereocenters. The molecular formula is C25H28N2O6S. The second-order valence-corrected chi connectivity index (χ2v) is 8.65. The fourth-order valence-corrected chi connectivity index (χ4v) is 4.50. The molecule has 2 N–H and O–H groups in total. The van der Waals surface area contributed by atoms with Crippen LogP contribution < -0.4 is 9.47 Å². The lowest BCUT2D eigenvalue weighted by atomic mass is 10.0. The fourth-order valence-electron chi connectivity index (χ4n) is 3.33. The second-order valence-electron chi connectivity index (χ2n) is 7.48. The number of nitrogens with zero attached hydrogens (tertiary/aromatic N) is 2. The number of ether oxygens (including phenoxy) is 3. The number of carbonyl (C=O) groups is 1. The largest absolute Gasteiger partial charge is 0.504 e. The SMILES string of the molecule is COCCN=C1N=C(CC(=O)/C=C/c2ccc(O)c(OC)c2)CC(c2ccc(O)c(OC)c2)S1. The van der Waals surface area contributed by atoms with E-state index in [9.17, 15) is 15.0 Å². The summed E-state index contributed by atoms with van der Waals surface area (Å²) in [5, 5.41) is 20.2. The smallest absolute Gasteiger partial charge is 0.183 e. The molecule has 9 heteroatoms. The molecule has 1 aliphatic heterocycles. The van der Waals surface area contributed by atoms with Crippen molar-refractivity contribution in [3.63, 3.8) is 0 Å². The summed E-state index contributed by atoms with van der Waals surface area (Å²) in [5.41, 5.74) is 2.41. The summed E-state index contributed by atoms with van der Waals surface area (Å²) in [6, 6.07) is 10.1. The molecule has 1 heterocycles. The van der Waals surface area contributed by atoms with Gasteiger partial charge >= 0.3 is 0 Å². The molecule has 0 fully saturated rings. The van der Waals surface area contributed by atoms with Crippen LogP contribution in [0.2, 0.25) is 0 Å². The topological polar surface area (TPSA) is 110 Å². The Morgan fingerprint density at radius 1 is 1.12 bits per heavy atom. The molecule has 0 saturated heterocycles. The molecule has 1 aliphatic rings. The Balaban J connectivity index is 1.77. The number of phenols is 2. The van der Waals surface area contributed by atoms with Gasteiger partial charge in [-0.05, 0) is 41.5 Å². The van der Waals surface area contributed by atoms with Crippen LogP contribution in [0.25, 0.3) is 6.08 Å². The van der Waals surface area contributed by atoms with Crippen molar-refractivity contribution < 1.29 is 29.2 Å². The van der Waals surface area contributed by atoms with Crippen LogP contribution in [0, 0.1) is 0 Å². The molecule has 0 radical (unpaired) electrons. The molecule has 0 saturated carbocycles. The van der Waals surface area contributed by atoms with Gasteiger partial charge < -0.3 is 24.4 Å². The minimum Gasteiger partial charge on any atom is -0.504 e. The van der Waals surface area contributed by atoms with Crippen molar-refractivity contribution >= 4 is 34.5 Å². The van der Waals surface area contributed by atoms with Gasteiger partial charge in [-0.15, -0.1) is 0 Å². The third-order valence-corrected chi connectivity index (χ3v) is 6.24. The Kier molecular flexibility index (Phi) is 9.12. The quantitative estimate of drug-likeness (QED) is 0.380. The van der Waals surface area contributed by atoms with Crippen molar-refractivity contribution in [2.45, 2.75) is 18.1 Å². The number of ketones is 1. The van der Waals surface area contributed by atoms with Gasteiger partial charge in [0.15, 0.2) is 33.9 Å². The normalized spacial score (nSPS) is 17.1. The molecule has 180 valence electrons. The number of aliphatic imine (C=N–C) groups is 2. The van der Waals surface area contributed by atoms with Gasteiger partial charge in [-0.25, -0.2) is 4.99 Å². The Bertz CT molecular complexity index is 1110. The van der Waals surface area contributed by atoms with Crippen LogP contribution in [0.1, 0.15) is 29.2 Å². The molecule has 0 spiro atoms. The second kappa shape index (κ2) is 12.2. The van der Waals surface area contributed by atoms with E-state index in [4.69, 9.17) is 14.2 Å². The summed E-state index contributed by atoms with van der Waals surface area (Å²) in [4.78, 5) is 21.8. The third kappa shape index (κ3) is 6.85. The van der Waals surface area contributed by atoms with Crippen molar-refractivity contribution in [1.82, 2.24) is 0 Å². The van der Waals surface area contributed by atoms with Gasteiger partial charge in [-0.3, -0.25) is 9.79 Å². The number of thioether (sulfide) groups is 1. The first-order chi connectivity index (χ1) is 16.4. The first-order valence-corrected chi connectivity index (χ1v) is 11.5. The highest BCUT2D eigenvalue weighted by Crippen LogP contribution is 2.40. The van der Waals surface area contributed by atoms with E-state index in [-0.39, 0.29) is 29.0 Å².